The Morgan fingerprint density at radius 3 is 2.27 bits per heavy atom. The van der Waals surface area contributed by atoms with Gasteiger partial charge in [-0.15, -0.1) is 0 Å². The monoisotopic (exact) mass is 160 g/mol. The fourth-order valence-corrected chi connectivity index (χ4v) is 1.08. The molecule has 0 aromatic carbocycles. The summed E-state index contributed by atoms with van der Waals surface area (Å²) in [5.41, 5.74) is 4.79. The van der Waals surface area contributed by atoms with E-state index in [0.29, 0.717) is 13.1 Å². The highest BCUT2D eigenvalue weighted by molar-refractivity contribution is 4.71. The number of nitrogens with zero attached hydrogens (tertiary/aromatic N) is 1. The number of likely N-dealkylation sites (N-methyl/N-ethyl adjacent to an activating group) is 1. The van der Waals surface area contributed by atoms with Crippen LogP contribution >= 0.6 is 0 Å². The van der Waals surface area contributed by atoms with Crippen molar-refractivity contribution < 1.29 is 5.11 Å². The number of rotatable bonds is 5. The molecule has 0 heterocycles. The summed E-state index contributed by atoms with van der Waals surface area (Å²) in [5.74, 6) is 0. The third-order valence-electron chi connectivity index (χ3n) is 1.50. The summed E-state index contributed by atoms with van der Waals surface area (Å²) in [6, 6.07) is 0. The van der Waals surface area contributed by atoms with Crippen LogP contribution in [0.5, 0.6) is 0 Å². The fourth-order valence-electron chi connectivity index (χ4n) is 1.08. The van der Waals surface area contributed by atoms with Crippen LogP contribution in [0.1, 0.15) is 20.8 Å². The van der Waals surface area contributed by atoms with Gasteiger partial charge in [0.05, 0.1) is 5.60 Å². The Balaban J connectivity index is 3.68. The van der Waals surface area contributed by atoms with Crippen molar-refractivity contribution in [2.24, 2.45) is 5.73 Å². The Kier molecular flexibility index (Phi) is 4.65. The average molecular weight is 160 g/mol. The highest BCUT2D eigenvalue weighted by atomic mass is 16.3. The molecule has 3 N–H and O–H groups in total. The second-order valence-electron chi connectivity index (χ2n) is 3.47. The van der Waals surface area contributed by atoms with Crippen LogP contribution in [0.25, 0.3) is 0 Å². The van der Waals surface area contributed by atoms with E-state index in [1.165, 1.54) is 0 Å². The predicted molar refractivity (Wildman–Crippen MR) is 47.5 cm³/mol. The van der Waals surface area contributed by atoms with Crippen molar-refractivity contribution in [2.75, 3.05) is 26.2 Å². The van der Waals surface area contributed by atoms with E-state index in [4.69, 9.17) is 5.73 Å². The molecule has 0 atom stereocenters. The first kappa shape index (κ1) is 10.9. The topological polar surface area (TPSA) is 49.5 Å². The number of hydrogen-bond donors (Lipinski definition) is 2. The van der Waals surface area contributed by atoms with E-state index >= 15 is 0 Å². The van der Waals surface area contributed by atoms with Crippen molar-refractivity contribution >= 4 is 0 Å². The molecule has 0 aromatic rings. The first-order chi connectivity index (χ1) is 4.99. The molecule has 11 heavy (non-hydrogen) atoms. The minimum absolute atomic E-state index is 0.606. The van der Waals surface area contributed by atoms with E-state index < -0.39 is 5.60 Å². The zero-order valence-electron chi connectivity index (χ0n) is 7.80. The summed E-state index contributed by atoms with van der Waals surface area (Å²) in [4.78, 5) is 2.14. The van der Waals surface area contributed by atoms with Crippen LogP contribution in [-0.2, 0) is 0 Å². The molecule has 0 bridgehead atoms. The molecule has 0 saturated carbocycles. The maximum absolute atomic E-state index is 9.46. The highest BCUT2D eigenvalue weighted by Gasteiger charge is 2.15. The first-order valence-corrected chi connectivity index (χ1v) is 4.14. The molecule has 0 spiro atoms. The van der Waals surface area contributed by atoms with Gasteiger partial charge in [-0.3, -0.25) is 4.90 Å². The van der Waals surface area contributed by atoms with Gasteiger partial charge in [-0.05, 0) is 20.4 Å². The standard InChI is InChI=1S/C8H20N2O/c1-4-10(6-5-9)7-8(2,3)11/h11H,4-7,9H2,1-3H3. The number of nitrogens with two attached hydrogens (primary N) is 1. The van der Waals surface area contributed by atoms with E-state index in [-0.39, 0.29) is 0 Å². The largest absolute Gasteiger partial charge is 0.389 e. The summed E-state index contributed by atoms with van der Waals surface area (Å²) in [5, 5.41) is 9.46. The molecule has 0 radical (unpaired) electrons. The second-order valence-corrected chi connectivity index (χ2v) is 3.47. The lowest BCUT2D eigenvalue weighted by Crippen LogP contribution is -2.40. The third kappa shape index (κ3) is 6.28. The highest BCUT2D eigenvalue weighted by Crippen LogP contribution is 2.03. The second kappa shape index (κ2) is 4.70. The van der Waals surface area contributed by atoms with Gasteiger partial charge in [-0.1, -0.05) is 6.92 Å². The molecule has 0 rings (SSSR count). The normalized spacial score (nSPS) is 12.5. The number of aliphatic hydroxyl groups is 1. The molecule has 0 saturated heterocycles. The average Bonchev–Trinajstić information content (AvgIpc) is 1.84. The smallest absolute Gasteiger partial charge is 0.0718 e. The lowest BCUT2D eigenvalue weighted by Gasteiger charge is -2.27. The van der Waals surface area contributed by atoms with Crippen LogP contribution in [0.3, 0.4) is 0 Å². The van der Waals surface area contributed by atoms with E-state index in [1.807, 2.05) is 13.8 Å². The van der Waals surface area contributed by atoms with Gasteiger partial charge < -0.3 is 10.8 Å². The van der Waals surface area contributed by atoms with E-state index in [0.717, 1.165) is 13.1 Å². The van der Waals surface area contributed by atoms with Gasteiger partial charge in [-0.25, -0.2) is 0 Å². The van der Waals surface area contributed by atoms with Gasteiger partial charge in [-0.2, -0.15) is 0 Å². The van der Waals surface area contributed by atoms with Crippen LogP contribution in [0.2, 0.25) is 0 Å². The van der Waals surface area contributed by atoms with Gasteiger partial charge in [0.15, 0.2) is 0 Å². The Morgan fingerprint density at radius 1 is 1.45 bits per heavy atom. The molecule has 3 nitrogen and oxygen atoms in total. The van der Waals surface area contributed by atoms with Crippen molar-refractivity contribution in [3.8, 4) is 0 Å². The maximum Gasteiger partial charge on any atom is 0.0718 e. The molecular weight excluding hydrogens is 140 g/mol. The van der Waals surface area contributed by atoms with Crippen molar-refractivity contribution in [1.29, 1.82) is 0 Å². The van der Waals surface area contributed by atoms with Crippen molar-refractivity contribution in [3.05, 3.63) is 0 Å². The molecule has 0 amide bonds. The van der Waals surface area contributed by atoms with E-state index in [1.54, 1.807) is 0 Å². The molecule has 0 aliphatic carbocycles. The first-order valence-electron chi connectivity index (χ1n) is 4.14. The number of hydrogen-bond acceptors (Lipinski definition) is 3. The Bertz CT molecular complexity index is 98.8. The van der Waals surface area contributed by atoms with Crippen molar-refractivity contribution in [3.63, 3.8) is 0 Å². The van der Waals surface area contributed by atoms with Crippen LogP contribution in [0.4, 0.5) is 0 Å². The Morgan fingerprint density at radius 2 is 2.00 bits per heavy atom. The molecule has 0 aliphatic rings. The minimum atomic E-state index is -0.606. The molecule has 0 fully saturated rings. The minimum Gasteiger partial charge on any atom is -0.389 e. The summed E-state index contributed by atoms with van der Waals surface area (Å²) in [6.45, 7) is 8.85. The SMILES string of the molecule is CCN(CCN)CC(C)(C)O. The lowest BCUT2D eigenvalue weighted by atomic mass is 10.1. The van der Waals surface area contributed by atoms with Crippen molar-refractivity contribution in [2.45, 2.75) is 26.4 Å². The fraction of sp³-hybridized carbons (Fsp3) is 1.00. The lowest BCUT2D eigenvalue weighted by molar-refractivity contribution is 0.0389. The van der Waals surface area contributed by atoms with E-state index in [9.17, 15) is 5.11 Å². The van der Waals surface area contributed by atoms with Crippen molar-refractivity contribution in [1.82, 2.24) is 4.90 Å². The van der Waals surface area contributed by atoms with Crippen LogP contribution < -0.4 is 5.73 Å². The van der Waals surface area contributed by atoms with Gasteiger partial charge in [0, 0.05) is 19.6 Å². The molecule has 68 valence electrons. The molecule has 3 heteroatoms. The van der Waals surface area contributed by atoms with Crippen LogP contribution in [-0.4, -0.2) is 41.8 Å². The van der Waals surface area contributed by atoms with Gasteiger partial charge in [0.25, 0.3) is 0 Å². The zero-order chi connectivity index (χ0) is 8.91. The molecular formula is C8H20N2O. The Hall–Kier alpha value is -0.120. The Labute approximate surface area is 69.2 Å². The maximum atomic E-state index is 9.46. The van der Waals surface area contributed by atoms with E-state index in [2.05, 4.69) is 11.8 Å². The molecule has 0 aromatic heterocycles. The van der Waals surface area contributed by atoms with Gasteiger partial charge >= 0.3 is 0 Å². The van der Waals surface area contributed by atoms with Crippen LogP contribution in [0, 0.1) is 0 Å². The summed E-state index contributed by atoms with van der Waals surface area (Å²) < 4.78 is 0. The predicted octanol–water partition coefficient (Wildman–Crippen LogP) is 0.0379. The van der Waals surface area contributed by atoms with Crippen LogP contribution in [0.15, 0.2) is 0 Å². The summed E-state index contributed by atoms with van der Waals surface area (Å²) >= 11 is 0. The van der Waals surface area contributed by atoms with Gasteiger partial charge in [0.2, 0.25) is 0 Å². The molecule has 0 unspecified atom stereocenters. The molecule has 0 aliphatic heterocycles. The zero-order valence-corrected chi connectivity index (χ0v) is 7.80. The summed E-state index contributed by atoms with van der Waals surface area (Å²) in [7, 11) is 0. The quantitative estimate of drug-likeness (QED) is 0.597. The third-order valence-corrected chi connectivity index (χ3v) is 1.50. The van der Waals surface area contributed by atoms with Gasteiger partial charge in [0.1, 0.15) is 0 Å². The summed E-state index contributed by atoms with van der Waals surface area (Å²) in [6.07, 6.45) is 0.